The summed E-state index contributed by atoms with van der Waals surface area (Å²) in [7, 11) is 0. The van der Waals surface area contributed by atoms with Crippen molar-refractivity contribution in [3.63, 3.8) is 0 Å². The van der Waals surface area contributed by atoms with Crippen molar-refractivity contribution < 1.29 is 14.3 Å². The lowest BCUT2D eigenvalue weighted by atomic mass is 9.96. The summed E-state index contributed by atoms with van der Waals surface area (Å²) in [6.07, 6.45) is 2.05. The highest BCUT2D eigenvalue weighted by atomic mass is 16.3. The molecule has 1 aromatic rings. The fourth-order valence-corrected chi connectivity index (χ4v) is 2.40. The zero-order valence-corrected chi connectivity index (χ0v) is 10.8. The zero-order chi connectivity index (χ0) is 13.2. The lowest BCUT2D eigenvalue weighted by Gasteiger charge is -2.42. The van der Waals surface area contributed by atoms with Gasteiger partial charge in [0, 0.05) is 18.7 Å². The van der Waals surface area contributed by atoms with Gasteiger partial charge in [0.25, 0.3) is 0 Å². The van der Waals surface area contributed by atoms with Gasteiger partial charge in [-0.3, -0.25) is 10.1 Å². The van der Waals surface area contributed by atoms with E-state index in [4.69, 9.17) is 9.52 Å². The van der Waals surface area contributed by atoms with Gasteiger partial charge in [0.15, 0.2) is 0 Å². The molecule has 1 aromatic heterocycles. The molecule has 1 atom stereocenters. The van der Waals surface area contributed by atoms with E-state index in [2.05, 4.69) is 19.2 Å². The minimum absolute atomic E-state index is 0.00801. The Morgan fingerprint density at radius 2 is 2.39 bits per heavy atom. The van der Waals surface area contributed by atoms with Crippen molar-refractivity contribution in [3.05, 3.63) is 24.2 Å². The number of hydrogen-bond donors (Lipinski definition) is 2. The molecule has 2 heterocycles. The van der Waals surface area contributed by atoms with Crippen LogP contribution in [0.2, 0.25) is 0 Å². The van der Waals surface area contributed by atoms with Gasteiger partial charge in [-0.25, -0.2) is 0 Å². The molecule has 100 valence electrons. The first-order valence-electron chi connectivity index (χ1n) is 6.21. The minimum atomic E-state index is -0.311. The number of aliphatic hydroxyl groups is 1. The molecule has 0 aromatic carbocycles. The Hall–Kier alpha value is -1.33. The van der Waals surface area contributed by atoms with E-state index in [-0.39, 0.29) is 24.1 Å². The van der Waals surface area contributed by atoms with Crippen molar-refractivity contribution >= 4 is 5.91 Å². The number of rotatable bonds is 4. The second kappa shape index (κ2) is 5.12. The number of aliphatic hydroxyl groups excluding tert-OH is 1. The number of carbonyl (C=O) groups is 1. The Balaban J connectivity index is 2.10. The Morgan fingerprint density at radius 1 is 1.61 bits per heavy atom. The topological polar surface area (TPSA) is 65.7 Å². The van der Waals surface area contributed by atoms with E-state index in [1.165, 1.54) is 0 Å². The minimum Gasteiger partial charge on any atom is -0.467 e. The monoisotopic (exact) mass is 252 g/mol. The van der Waals surface area contributed by atoms with Crippen molar-refractivity contribution in [2.24, 2.45) is 0 Å². The van der Waals surface area contributed by atoms with Gasteiger partial charge in [-0.15, -0.1) is 0 Å². The van der Waals surface area contributed by atoms with Gasteiger partial charge in [0.1, 0.15) is 5.76 Å². The summed E-state index contributed by atoms with van der Waals surface area (Å²) in [5.41, 5.74) is -0.152. The van der Waals surface area contributed by atoms with Gasteiger partial charge >= 0.3 is 0 Å². The van der Waals surface area contributed by atoms with Crippen LogP contribution in [0.15, 0.2) is 22.8 Å². The van der Waals surface area contributed by atoms with Crippen molar-refractivity contribution in [1.29, 1.82) is 0 Å². The third kappa shape index (κ3) is 2.91. The highest BCUT2D eigenvalue weighted by molar-refractivity contribution is 5.83. The standard InChI is InChI=1S/C13H20N2O3/c1-13(2)9-15(8-10-4-3-7-18-10)12(17)11(14-13)5-6-16/h3-4,7,11,14,16H,5-6,8-9H2,1-2H3. The highest BCUT2D eigenvalue weighted by Gasteiger charge is 2.37. The summed E-state index contributed by atoms with van der Waals surface area (Å²) < 4.78 is 5.28. The van der Waals surface area contributed by atoms with Crippen LogP contribution < -0.4 is 5.32 Å². The molecule has 5 nitrogen and oxygen atoms in total. The average Bonchev–Trinajstić information content (AvgIpc) is 2.77. The molecule has 2 rings (SSSR count). The van der Waals surface area contributed by atoms with Crippen molar-refractivity contribution in [3.8, 4) is 0 Å². The number of amides is 1. The van der Waals surface area contributed by atoms with E-state index >= 15 is 0 Å². The van der Waals surface area contributed by atoms with Gasteiger partial charge in [0.05, 0.1) is 18.8 Å². The summed E-state index contributed by atoms with van der Waals surface area (Å²) >= 11 is 0. The Labute approximate surface area is 107 Å². The lowest BCUT2D eigenvalue weighted by molar-refractivity contribution is -0.140. The van der Waals surface area contributed by atoms with Crippen LogP contribution in [0.1, 0.15) is 26.0 Å². The Bertz CT molecular complexity index is 400. The maximum Gasteiger partial charge on any atom is 0.240 e. The molecule has 1 fully saturated rings. The number of piperazine rings is 1. The van der Waals surface area contributed by atoms with Crippen LogP contribution in [0.3, 0.4) is 0 Å². The first kappa shape index (κ1) is 13.1. The van der Waals surface area contributed by atoms with Crippen molar-refractivity contribution in [1.82, 2.24) is 10.2 Å². The zero-order valence-electron chi connectivity index (χ0n) is 10.8. The largest absolute Gasteiger partial charge is 0.467 e. The summed E-state index contributed by atoms with van der Waals surface area (Å²) in [6.45, 7) is 5.24. The molecule has 2 N–H and O–H groups in total. The molecule has 1 saturated heterocycles. The fourth-order valence-electron chi connectivity index (χ4n) is 2.40. The van der Waals surface area contributed by atoms with Gasteiger partial charge in [-0.05, 0) is 32.4 Å². The molecule has 1 amide bonds. The molecular formula is C13H20N2O3. The van der Waals surface area contributed by atoms with Crippen molar-refractivity contribution in [2.75, 3.05) is 13.2 Å². The summed E-state index contributed by atoms with van der Waals surface area (Å²) in [5.74, 6) is 0.809. The summed E-state index contributed by atoms with van der Waals surface area (Å²) in [4.78, 5) is 14.0. The lowest BCUT2D eigenvalue weighted by Crippen LogP contribution is -2.64. The SMILES string of the molecule is CC1(C)CN(Cc2ccco2)C(=O)C(CCO)N1. The predicted octanol–water partition coefficient (Wildman–Crippen LogP) is 0.741. The fraction of sp³-hybridized carbons (Fsp3) is 0.615. The molecular weight excluding hydrogens is 232 g/mol. The molecule has 0 aliphatic carbocycles. The first-order chi connectivity index (χ1) is 8.52. The smallest absolute Gasteiger partial charge is 0.240 e. The third-order valence-electron chi connectivity index (χ3n) is 3.11. The maximum atomic E-state index is 12.2. The van der Waals surface area contributed by atoms with Gasteiger partial charge in [-0.2, -0.15) is 0 Å². The molecule has 0 bridgehead atoms. The van der Waals surface area contributed by atoms with Crippen molar-refractivity contribution in [2.45, 2.75) is 38.4 Å². The van der Waals surface area contributed by atoms with E-state index in [0.29, 0.717) is 19.5 Å². The van der Waals surface area contributed by atoms with E-state index in [9.17, 15) is 4.79 Å². The summed E-state index contributed by atoms with van der Waals surface area (Å²) in [6, 6.07) is 3.37. The van der Waals surface area contributed by atoms with Crippen LogP contribution in [-0.2, 0) is 11.3 Å². The van der Waals surface area contributed by atoms with E-state index in [1.54, 1.807) is 11.2 Å². The number of carbonyl (C=O) groups excluding carboxylic acids is 1. The molecule has 1 unspecified atom stereocenters. The number of nitrogens with zero attached hydrogens (tertiary/aromatic N) is 1. The Kier molecular flexibility index (Phi) is 3.73. The van der Waals surface area contributed by atoms with E-state index in [1.807, 2.05) is 12.1 Å². The normalized spacial score (nSPS) is 23.4. The predicted molar refractivity (Wildman–Crippen MR) is 66.8 cm³/mol. The second-order valence-corrected chi connectivity index (χ2v) is 5.37. The molecule has 0 radical (unpaired) electrons. The van der Waals surface area contributed by atoms with Crippen LogP contribution in [0.4, 0.5) is 0 Å². The van der Waals surface area contributed by atoms with Crippen LogP contribution in [-0.4, -0.2) is 40.6 Å². The summed E-state index contributed by atoms with van der Waals surface area (Å²) in [5, 5.41) is 12.3. The van der Waals surface area contributed by atoms with E-state index in [0.717, 1.165) is 5.76 Å². The van der Waals surface area contributed by atoms with Crippen LogP contribution in [0, 0.1) is 0 Å². The third-order valence-corrected chi connectivity index (χ3v) is 3.11. The highest BCUT2D eigenvalue weighted by Crippen LogP contribution is 2.19. The van der Waals surface area contributed by atoms with Gasteiger partial charge in [0.2, 0.25) is 5.91 Å². The molecule has 18 heavy (non-hydrogen) atoms. The van der Waals surface area contributed by atoms with Crippen LogP contribution >= 0.6 is 0 Å². The molecule has 1 aliphatic heterocycles. The van der Waals surface area contributed by atoms with Crippen LogP contribution in [0.25, 0.3) is 0 Å². The first-order valence-corrected chi connectivity index (χ1v) is 6.21. The molecule has 0 saturated carbocycles. The maximum absolute atomic E-state index is 12.2. The van der Waals surface area contributed by atoms with Gasteiger partial charge in [-0.1, -0.05) is 0 Å². The van der Waals surface area contributed by atoms with Gasteiger partial charge < -0.3 is 14.4 Å². The quantitative estimate of drug-likeness (QED) is 0.829. The van der Waals surface area contributed by atoms with E-state index < -0.39 is 0 Å². The molecule has 5 heteroatoms. The number of furan rings is 1. The van der Waals surface area contributed by atoms with Crippen LogP contribution in [0.5, 0.6) is 0 Å². The molecule has 0 spiro atoms. The average molecular weight is 252 g/mol. The number of nitrogens with one attached hydrogen (secondary N) is 1. The second-order valence-electron chi connectivity index (χ2n) is 5.37. The Morgan fingerprint density at radius 3 is 3.00 bits per heavy atom. The number of hydrogen-bond acceptors (Lipinski definition) is 4. The molecule has 1 aliphatic rings.